The molecule has 116 valence electrons. The van der Waals surface area contributed by atoms with E-state index < -0.39 is 0 Å². The molecule has 2 aliphatic carbocycles. The van der Waals surface area contributed by atoms with E-state index in [0.29, 0.717) is 5.54 Å². The van der Waals surface area contributed by atoms with Crippen LogP contribution in [0.5, 0.6) is 0 Å². The molecule has 1 saturated heterocycles. The van der Waals surface area contributed by atoms with Crippen molar-refractivity contribution in [1.29, 1.82) is 0 Å². The van der Waals surface area contributed by atoms with E-state index in [1.54, 1.807) is 0 Å². The number of hydrogen-bond acceptors (Lipinski definition) is 2. The largest absolute Gasteiger partial charge is 0.329 e. The van der Waals surface area contributed by atoms with Crippen molar-refractivity contribution in [2.24, 2.45) is 29.4 Å². The third kappa shape index (κ3) is 2.78. The molecule has 4 unspecified atom stereocenters. The van der Waals surface area contributed by atoms with Crippen molar-refractivity contribution in [3.05, 3.63) is 0 Å². The van der Waals surface area contributed by atoms with Crippen LogP contribution < -0.4 is 5.73 Å². The summed E-state index contributed by atoms with van der Waals surface area (Å²) in [5.74, 6) is 3.72. The van der Waals surface area contributed by atoms with Crippen LogP contribution in [0.2, 0.25) is 0 Å². The van der Waals surface area contributed by atoms with Gasteiger partial charge in [-0.3, -0.25) is 4.90 Å². The summed E-state index contributed by atoms with van der Waals surface area (Å²) in [5, 5.41) is 0. The van der Waals surface area contributed by atoms with Gasteiger partial charge in [-0.1, -0.05) is 33.1 Å². The number of nitrogens with zero attached hydrogens (tertiary/aromatic N) is 1. The van der Waals surface area contributed by atoms with Crippen molar-refractivity contribution in [2.45, 2.75) is 70.8 Å². The maximum Gasteiger partial charge on any atom is 0.0336 e. The Bertz CT molecular complexity index is 317. The molecule has 0 aromatic rings. The highest BCUT2D eigenvalue weighted by Crippen LogP contribution is 2.44. The second-order valence-corrected chi connectivity index (χ2v) is 8.32. The lowest BCUT2D eigenvalue weighted by atomic mass is 9.68. The van der Waals surface area contributed by atoms with Gasteiger partial charge < -0.3 is 5.73 Å². The summed E-state index contributed by atoms with van der Waals surface area (Å²) in [5.41, 5.74) is 6.65. The Balaban J connectivity index is 1.72. The maximum atomic E-state index is 6.32. The van der Waals surface area contributed by atoms with Gasteiger partial charge in [0.05, 0.1) is 0 Å². The Morgan fingerprint density at radius 3 is 2.30 bits per heavy atom. The molecule has 0 radical (unpaired) electrons. The third-order valence-corrected chi connectivity index (χ3v) is 6.60. The molecular formula is C18H34N2. The molecule has 3 aliphatic rings. The van der Waals surface area contributed by atoms with Gasteiger partial charge in [0.15, 0.2) is 0 Å². The van der Waals surface area contributed by atoms with Crippen LogP contribution in [-0.2, 0) is 0 Å². The predicted octanol–water partition coefficient (Wildman–Crippen LogP) is 3.65. The Kier molecular flexibility index (Phi) is 4.42. The lowest BCUT2D eigenvalue weighted by molar-refractivity contribution is -0.0322. The average molecular weight is 278 g/mol. The average Bonchev–Trinajstić information content (AvgIpc) is 2.45. The van der Waals surface area contributed by atoms with Crippen LogP contribution in [0, 0.1) is 23.7 Å². The molecule has 0 amide bonds. The summed E-state index contributed by atoms with van der Waals surface area (Å²) < 4.78 is 0. The normalized spacial score (nSPS) is 47.0. The van der Waals surface area contributed by atoms with Gasteiger partial charge in [-0.25, -0.2) is 0 Å². The fourth-order valence-electron chi connectivity index (χ4n) is 5.82. The Morgan fingerprint density at radius 1 is 1.00 bits per heavy atom. The first kappa shape index (κ1) is 14.8. The highest BCUT2D eigenvalue weighted by molar-refractivity contribution is 5.00. The van der Waals surface area contributed by atoms with Crippen LogP contribution >= 0.6 is 0 Å². The van der Waals surface area contributed by atoms with E-state index in [1.807, 2.05) is 0 Å². The summed E-state index contributed by atoms with van der Waals surface area (Å²) in [4.78, 5) is 2.84. The van der Waals surface area contributed by atoms with Gasteiger partial charge in [0, 0.05) is 18.6 Å². The van der Waals surface area contributed by atoms with Crippen molar-refractivity contribution in [1.82, 2.24) is 4.90 Å². The molecule has 1 heterocycles. The number of fused-ring (bicyclic) bond motifs is 1. The van der Waals surface area contributed by atoms with E-state index in [4.69, 9.17) is 5.73 Å². The molecule has 2 heteroatoms. The molecule has 1 aliphatic heterocycles. The van der Waals surface area contributed by atoms with Crippen LogP contribution in [-0.4, -0.2) is 30.1 Å². The second-order valence-electron chi connectivity index (χ2n) is 8.32. The number of nitrogens with two attached hydrogens (primary N) is 1. The SMILES string of the molecule is CC1CC(C)CC(CN)(N2CCC3CCCCC3C2)C1. The van der Waals surface area contributed by atoms with Crippen LogP contribution in [0.3, 0.4) is 0 Å². The van der Waals surface area contributed by atoms with Gasteiger partial charge >= 0.3 is 0 Å². The third-order valence-electron chi connectivity index (χ3n) is 6.60. The molecule has 2 nitrogen and oxygen atoms in total. The van der Waals surface area contributed by atoms with Crippen molar-refractivity contribution in [3.63, 3.8) is 0 Å². The highest BCUT2D eigenvalue weighted by Gasteiger charge is 2.44. The zero-order valence-corrected chi connectivity index (χ0v) is 13.6. The van der Waals surface area contributed by atoms with Crippen molar-refractivity contribution in [3.8, 4) is 0 Å². The molecule has 0 spiro atoms. The lowest BCUT2D eigenvalue weighted by Gasteiger charge is -2.54. The van der Waals surface area contributed by atoms with Gasteiger partial charge in [0.1, 0.15) is 0 Å². The minimum atomic E-state index is 0.333. The molecular weight excluding hydrogens is 244 g/mol. The van der Waals surface area contributed by atoms with E-state index >= 15 is 0 Å². The van der Waals surface area contributed by atoms with Crippen molar-refractivity contribution < 1.29 is 0 Å². The first-order chi connectivity index (χ1) is 9.63. The van der Waals surface area contributed by atoms with E-state index in [2.05, 4.69) is 18.7 Å². The van der Waals surface area contributed by atoms with E-state index in [-0.39, 0.29) is 0 Å². The van der Waals surface area contributed by atoms with Crippen molar-refractivity contribution >= 4 is 0 Å². The number of hydrogen-bond donors (Lipinski definition) is 1. The molecule has 4 atom stereocenters. The quantitative estimate of drug-likeness (QED) is 0.835. The topological polar surface area (TPSA) is 29.3 Å². The molecule has 0 bridgehead atoms. The minimum absolute atomic E-state index is 0.333. The minimum Gasteiger partial charge on any atom is -0.329 e. The standard InChI is InChI=1S/C18H34N2/c1-14-9-15(2)11-18(10-14,13-19)20-8-7-16-5-3-4-6-17(16)12-20/h14-17H,3-13,19H2,1-2H3. The predicted molar refractivity (Wildman–Crippen MR) is 85.6 cm³/mol. The fourth-order valence-corrected chi connectivity index (χ4v) is 5.82. The Hall–Kier alpha value is -0.0800. The van der Waals surface area contributed by atoms with E-state index in [9.17, 15) is 0 Å². The molecule has 20 heavy (non-hydrogen) atoms. The Morgan fingerprint density at radius 2 is 1.65 bits per heavy atom. The fraction of sp³-hybridized carbons (Fsp3) is 1.00. The van der Waals surface area contributed by atoms with Crippen molar-refractivity contribution in [2.75, 3.05) is 19.6 Å². The van der Waals surface area contributed by atoms with E-state index in [0.717, 1.165) is 30.2 Å². The van der Waals surface area contributed by atoms with Gasteiger partial charge in [-0.15, -0.1) is 0 Å². The van der Waals surface area contributed by atoms with Gasteiger partial charge in [0.2, 0.25) is 0 Å². The summed E-state index contributed by atoms with van der Waals surface area (Å²) >= 11 is 0. The van der Waals surface area contributed by atoms with E-state index in [1.165, 1.54) is 64.5 Å². The molecule has 0 aromatic heterocycles. The molecule has 0 aromatic carbocycles. The van der Waals surface area contributed by atoms with Crippen LogP contribution in [0.1, 0.15) is 65.2 Å². The second kappa shape index (κ2) is 5.96. The van der Waals surface area contributed by atoms with Crippen LogP contribution in [0.4, 0.5) is 0 Å². The summed E-state index contributed by atoms with van der Waals surface area (Å²) in [7, 11) is 0. The first-order valence-electron chi connectivity index (χ1n) is 9.08. The van der Waals surface area contributed by atoms with Gasteiger partial charge in [-0.05, 0) is 62.3 Å². The molecule has 3 fully saturated rings. The van der Waals surface area contributed by atoms with Gasteiger partial charge in [-0.2, -0.15) is 0 Å². The number of piperidine rings is 1. The zero-order chi connectivity index (χ0) is 14.2. The Labute approximate surface area is 125 Å². The van der Waals surface area contributed by atoms with Crippen LogP contribution in [0.25, 0.3) is 0 Å². The summed E-state index contributed by atoms with van der Waals surface area (Å²) in [6, 6.07) is 0. The van der Waals surface area contributed by atoms with Crippen LogP contribution in [0.15, 0.2) is 0 Å². The number of rotatable bonds is 2. The molecule has 2 N–H and O–H groups in total. The molecule has 2 saturated carbocycles. The molecule has 3 rings (SSSR count). The van der Waals surface area contributed by atoms with Gasteiger partial charge in [0.25, 0.3) is 0 Å². The summed E-state index contributed by atoms with van der Waals surface area (Å²) in [6.07, 6.45) is 11.5. The maximum absolute atomic E-state index is 6.32. The smallest absolute Gasteiger partial charge is 0.0336 e. The monoisotopic (exact) mass is 278 g/mol. The zero-order valence-electron chi connectivity index (χ0n) is 13.6. The highest BCUT2D eigenvalue weighted by atomic mass is 15.2. The first-order valence-corrected chi connectivity index (χ1v) is 9.08. The number of likely N-dealkylation sites (tertiary alicyclic amines) is 1. The lowest BCUT2D eigenvalue weighted by Crippen LogP contribution is -2.61. The summed E-state index contributed by atoms with van der Waals surface area (Å²) in [6.45, 7) is 8.42.